The Bertz CT molecular complexity index is 672. The number of benzene rings is 1. The van der Waals surface area contributed by atoms with E-state index in [1.54, 1.807) is 0 Å². The lowest BCUT2D eigenvalue weighted by molar-refractivity contribution is -0.387. The lowest BCUT2D eigenvalue weighted by atomic mass is 10.2. The minimum absolute atomic E-state index is 0.239. The van der Waals surface area contributed by atoms with Crippen LogP contribution in [0.15, 0.2) is 23.1 Å². The number of hydrogen-bond donors (Lipinski definition) is 2. The highest BCUT2D eigenvalue weighted by Crippen LogP contribution is 2.26. The molecule has 8 nitrogen and oxygen atoms in total. The summed E-state index contributed by atoms with van der Waals surface area (Å²) in [4.78, 5) is 21.6. The Labute approximate surface area is 129 Å². The summed E-state index contributed by atoms with van der Waals surface area (Å²) < 4.78 is 26.9. The zero-order valence-electron chi connectivity index (χ0n) is 12.6. The van der Waals surface area contributed by atoms with E-state index >= 15 is 0 Å². The van der Waals surface area contributed by atoms with E-state index in [9.17, 15) is 23.3 Å². The number of rotatable bonds is 7. The number of nitrogens with one attached hydrogen (secondary N) is 2. The molecular weight excluding hydrogens is 310 g/mol. The highest BCUT2D eigenvalue weighted by molar-refractivity contribution is 7.89. The topological polar surface area (TPSA) is 118 Å². The standard InChI is InChI=1S/C13H19N3O5S/c1-4-8-14-13(17)10(3)15-22(20,21)12-9(2)6-5-7-11(12)16(18)19/h5-7,10,15H,4,8H2,1-3H3,(H,14,17)/t10-/m1/s1. The third-order valence-electron chi connectivity index (χ3n) is 2.93. The van der Waals surface area contributed by atoms with Crippen LogP contribution in [0.2, 0.25) is 0 Å². The summed E-state index contributed by atoms with van der Waals surface area (Å²) in [5, 5.41) is 13.6. The number of nitro groups is 1. The van der Waals surface area contributed by atoms with E-state index in [2.05, 4.69) is 10.0 Å². The van der Waals surface area contributed by atoms with Crippen molar-refractivity contribution in [2.45, 2.75) is 38.1 Å². The first-order valence-corrected chi connectivity index (χ1v) is 8.23. The fourth-order valence-corrected chi connectivity index (χ4v) is 3.48. The molecule has 1 rings (SSSR count). The molecule has 1 amide bonds. The van der Waals surface area contributed by atoms with Crippen molar-refractivity contribution >= 4 is 21.6 Å². The summed E-state index contributed by atoms with van der Waals surface area (Å²) >= 11 is 0. The van der Waals surface area contributed by atoms with Crippen LogP contribution >= 0.6 is 0 Å². The fourth-order valence-electron chi connectivity index (χ4n) is 1.88. The van der Waals surface area contributed by atoms with Gasteiger partial charge in [0.2, 0.25) is 15.9 Å². The largest absolute Gasteiger partial charge is 0.355 e. The number of hydrogen-bond acceptors (Lipinski definition) is 5. The van der Waals surface area contributed by atoms with Crippen LogP contribution in [0.25, 0.3) is 0 Å². The van der Waals surface area contributed by atoms with Crippen LogP contribution in [-0.4, -0.2) is 31.8 Å². The van der Waals surface area contributed by atoms with Gasteiger partial charge in [-0.3, -0.25) is 14.9 Å². The number of nitrogens with zero attached hydrogens (tertiary/aromatic N) is 1. The minimum atomic E-state index is -4.19. The maximum absolute atomic E-state index is 12.4. The van der Waals surface area contributed by atoms with Crippen molar-refractivity contribution in [3.8, 4) is 0 Å². The van der Waals surface area contributed by atoms with Gasteiger partial charge in [0.1, 0.15) is 0 Å². The van der Waals surface area contributed by atoms with Crippen LogP contribution in [0.3, 0.4) is 0 Å². The zero-order valence-corrected chi connectivity index (χ0v) is 13.4. The van der Waals surface area contributed by atoms with Gasteiger partial charge in [0.05, 0.1) is 11.0 Å². The van der Waals surface area contributed by atoms with E-state index in [-0.39, 0.29) is 5.56 Å². The van der Waals surface area contributed by atoms with Gasteiger partial charge in [0.25, 0.3) is 5.69 Å². The van der Waals surface area contributed by atoms with Crippen LogP contribution in [0.1, 0.15) is 25.8 Å². The fraction of sp³-hybridized carbons (Fsp3) is 0.462. The van der Waals surface area contributed by atoms with Crippen molar-refractivity contribution in [3.63, 3.8) is 0 Å². The highest BCUT2D eigenvalue weighted by atomic mass is 32.2. The molecule has 1 atom stereocenters. The monoisotopic (exact) mass is 329 g/mol. The summed E-state index contributed by atoms with van der Waals surface area (Å²) in [5.74, 6) is -0.485. The first kappa shape index (κ1) is 18.1. The first-order chi connectivity index (χ1) is 10.2. The van der Waals surface area contributed by atoms with E-state index in [0.717, 1.165) is 6.07 Å². The number of carbonyl (C=O) groups excluding carboxylic acids is 1. The Morgan fingerprint density at radius 1 is 1.41 bits per heavy atom. The molecule has 1 aromatic carbocycles. The van der Waals surface area contributed by atoms with Crippen molar-refractivity contribution in [2.75, 3.05) is 6.54 Å². The van der Waals surface area contributed by atoms with Crippen molar-refractivity contribution in [1.82, 2.24) is 10.0 Å². The van der Waals surface area contributed by atoms with Gasteiger partial charge in [-0.05, 0) is 25.8 Å². The van der Waals surface area contributed by atoms with Crippen LogP contribution in [-0.2, 0) is 14.8 Å². The molecule has 2 N–H and O–H groups in total. The van der Waals surface area contributed by atoms with Gasteiger partial charge in [-0.15, -0.1) is 0 Å². The van der Waals surface area contributed by atoms with Crippen LogP contribution in [0, 0.1) is 17.0 Å². The van der Waals surface area contributed by atoms with Gasteiger partial charge >= 0.3 is 0 Å². The van der Waals surface area contributed by atoms with E-state index in [0.29, 0.717) is 13.0 Å². The summed E-state index contributed by atoms with van der Waals surface area (Å²) in [6.07, 6.45) is 0.717. The molecule has 0 spiro atoms. The van der Waals surface area contributed by atoms with E-state index in [4.69, 9.17) is 0 Å². The number of sulfonamides is 1. The predicted octanol–water partition coefficient (Wildman–Crippen LogP) is 1.10. The summed E-state index contributed by atoms with van der Waals surface area (Å²) in [5.41, 5.74) is -0.281. The summed E-state index contributed by atoms with van der Waals surface area (Å²) in [7, 11) is -4.19. The Balaban J connectivity index is 3.11. The minimum Gasteiger partial charge on any atom is -0.355 e. The van der Waals surface area contributed by atoms with Crippen LogP contribution in [0.4, 0.5) is 5.69 Å². The zero-order chi connectivity index (χ0) is 16.9. The normalized spacial score (nSPS) is 12.7. The molecule has 0 heterocycles. The quantitative estimate of drug-likeness (QED) is 0.573. The molecule has 0 saturated carbocycles. The van der Waals surface area contributed by atoms with Gasteiger partial charge in [-0.1, -0.05) is 19.1 Å². The molecular formula is C13H19N3O5S. The molecule has 0 aliphatic carbocycles. The van der Waals surface area contributed by atoms with Gasteiger partial charge in [-0.25, -0.2) is 8.42 Å². The molecule has 22 heavy (non-hydrogen) atoms. The predicted molar refractivity (Wildman–Crippen MR) is 80.9 cm³/mol. The lowest BCUT2D eigenvalue weighted by Crippen LogP contribution is -2.45. The van der Waals surface area contributed by atoms with Crippen molar-refractivity contribution < 1.29 is 18.1 Å². The first-order valence-electron chi connectivity index (χ1n) is 6.74. The number of amides is 1. The molecule has 0 radical (unpaired) electrons. The summed E-state index contributed by atoms with van der Waals surface area (Å²) in [6.45, 7) is 5.14. The molecule has 0 aliphatic heterocycles. The maximum atomic E-state index is 12.4. The van der Waals surface area contributed by atoms with E-state index in [1.807, 2.05) is 6.92 Å². The average molecular weight is 329 g/mol. The Morgan fingerprint density at radius 3 is 2.59 bits per heavy atom. The Morgan fingerprint density at radius 2 is 2.05 bits per heavy atom. The Hall–Kier alpha value is -2.00. The van der Waals surface area contributed by atoms with Gasteiger partial charge in [0, 0.05) is 12.6 Å². The van der Waals surface area contributed by atoms with Gasteiger partial charge < -0.3 is 5.32 Å². The van der Waals surface area contributed by atoms with E-state index < -0.39 is 37.5 Å². The molecule has 9 heteroatoms. The molecule has 122 valence electrons. The second-order valence-corrected chi connectivity index (χ2v) is 6.47. The lowest BCUT2D eigenvalue weighted by Gasteiger charge is -2.15. The van der Waals surface area contributed by atoms with Crippen LogP contribution in [0.5, 0.6) is 0 Å². The number of nitro benzene ring substituents is 1. The molecule has 0 unspecified atom stereocenters. The summed E-state index contributed by atoms with van der Waals surface area (Å²) in [6, 6.07) is 2.95. The number of carbonyl (C=O) groups is 1. The molecule has 0 saturated heterocycles. The molecule has 0 aliphatic rings. The van der Waals surface area contributed by atoms with Gasteiger partial charge in [-0.2, -0.15) is 4.72 Å². The molecule has 0 aromatic heterocycles. The second kappa shape index (κ2) is 7.32. The van der Waals surface area contributed by atoms with Crippen molar-refractivity contribution in [2.24, 2.45) is 0 Å². The second-order valence-electron chi connectivity index (χ2n) is 4.81. The Kier molecular flexibility index (Phi) is 6.01. The van der Waals surface area contributed by atoms with Crippen molar-refractivity contribution in [3.05, 3.63) is 33.9 Å². The highest BCUT2D eigenvalue weighted by Gasteiger charge is 2.30. The smallest absolute Gasteiger partial charge is 0.289 e. The van der Waals surface area contributed by atoms with Gasteiger partial charge in [0.15, 0.2) is 4.90 Å². The molecule has 1 aromatic rings. The average Bonchev–Trinajstić information content (AvgIpc) is 2.43. The van der Waals surface area contributed by atoms with Crippen LogP contribution < -0.4 is 10.0 Å². The molecule has 0 bridgehead atoms. The SMILES string of the molecule is CCCNC(=O)[C@@H](C)NS(=O)(=O)c1c(C)cccc1[N+](=O)[O-]. The third kappa shape index (κ3) is 4.25. The third-order valence-corrected chi connectivity index (χ3v) is 4.66. The van der Waals surface area contributed by atoms with E-state index in [1.165, 1.54) is 26.0 Å². The maximum Gasteiger partial charge on any atom is 0.289 e. The van der Waals surface area contributed by atoms with Crippen molar-refractivity contribution in [1.29, 1.82) is 0 Å². The number of aryl methyl sites for hydroxylation is 1. The molecule has 0 fully saturated rings.